The van der Waals surface area contributed by atoms with Gasteiger partial charge >= 0.3 is 0 Å². The highest BCUT2D eigenvalue weighted by Gasteiger charge is 2.12. The summed E-state index contributed by atoms with van der Waals surface area (Å²) in [6.07, 6.45) is 0. The van der Waals surface area contributed by atoms with Gasteiger partial charge in [0.15, 0.2) is 0 Å². The van der Waals surface area contributed by atoms with Gasteiger partial charge in [-0.05, 0) is 5.56 Å². The smallest absolute Gasteiger partial charge is 0.269 e. The van der Waals surface area contributed by atoms with E-state index in [1.807, 2.05) is 0 Å². The van der Waals surface area contributed by atoms with E-state index in [1.54, 1.807) is 12.1 Å². The predicted octanol–water partition coefficient (Wildman–Crippen LogP) is 0.219. The first-order valence-electron chi connectivity index (χ1n) is 5.52. The molecule has 1 heterocycles. The Morgan fingerprint density at radius 2 is 1.89 bits per heavy atom. The summed E-state index contributed by atoms with van der Waals surface area (Å²) in [4.78, 5) is 10.1. The van der Waals surface area contributed by atoms with Crippen LogP contribution in [0.2, 0.25) is 0 Å². The van der Waals surface area contributed by atoms with Gasteiger partial charge in [-0.25, -0.2) is 4.68 Å². The Morgan fingerprint density at radius 3 is 2.42 bits per heavy atom. The van der Waals surface area contributed by atoms with E-state index in [0.717, 1.165) is 5.56 Å². The second-order valence-electron chi connectivity index (χ2n) is 3.88. The molecule has 0 aliphatic carbocycles. The largest absolute Gasteiger partial charge is 0.390 e. The molecule has 1 aromatic carbocycles. The maximum atomic E-state index is 10.5. The third-order valence-electron chi connectivity index (χ3n) is 2.70. The average Bonchev–Trinajstić information content (AvgIpc) is 2.81. The fourth-order valence-electron chi connectivity index (χ4n) is 1.69. The lowest BCUT2D eigenvalue weighted by Gasteiger charge is -2.05. The van der Waals surface area contributed by atoms with E-state index in [4.69, 9.17) is 5.11 Å². The fourth-order valence-corrected chi connectivity index (χ4v) is 1.69. The zero-order chi connectivity index (χ0) is 13.8. The third-order valence-corrected chi connectivity index (χ3v) is 2.70. The van der Waals surface area contributed by atoms with Crippen molar-refractivity contribution < 1.29 is 15.1 Å². The lowest BCUT2D eigenvalue weighted by Crippen LogP contribution is -2.07. The van der Waals surface area contributed by atoms with Crippen molar-refractivity contribution in [3.8, 4) is 0 Å². The van der Waals surface area contributed by atoms with E-state index >= 15 is 0 Å². The number of aromatic nitrogens is 3. The molecule has 2 rings (SSSR count). The number of rotatable bonds is 5. The van der Waals surface area contributed by atoms with Crippen molar-refractivity contribution in [2.75, 3.05) is 0 Å². The van der Waals surface area contributed by atoms with Gasteiger partial charge in [-0.2, -0.15) is 0 Å². The summed E-state index contributed by atoms with van der Waals surface area (Å²) in [6, 6.07) is 6.02. The zero-order valence-corrected chi connectivity index (χ0v) is 9.93. The molecule has 0 bridgehead atoms. The van der Waals surface area contributed by atoms with Crippen LogP contribution >= 0.6 is 0 Å². The molecule has 8 nitrogen and oxygen atoms in total. The molecule has 0 amide bonds. The molecule has 19 heavy (non-hydrogen) atoms. The van der Waals surface area contributed by atoms with Crippen LogP contribution in [0.5, 0.6) is 0 Å². The number of hydrogen-bond acceptors (Lipinski definition) is 6. The minimum atomic E-state index is -0.470. The number of benzene rings is 1. The summed E-state index contributed by atoms with van der Waals surface area (Å²) < 4.78 is 1.45. The number of aliphatic hydroxyl groups excluding tert-OH is 2. The van der Waals surface area contributed by atoms with Crippen molar-refractivity contribution in [3.05, 3.63) is 51.3 Å². The van der Waals surface area contributed by atoms with Gasteiger partial charge in [-0.15, -0.1) is 5.10 Å². The van der Waals surface area contributed by atoms with Crippen molar-refractivity contribution in [2.45, 2.75) is 19.8 Å². The lowest BCUT2D eigenvalue weighted by atomic mass is 10.2. The first-order valence-corrected chi connectivity index (χ1v) is 5.52. The molecule has 0 fully saturated rings. The van der Waals surface area contributed by atoms with Gasteiger partial charge in [-0.3, -0.25) is 10.1 Å². The van der Waals surface area contributed by atoms with Crippen LogP contribution in [0.3, 0.4) is 0 Å². The first kappa shape index (κ1) is 13.1. The van der Waals surface area contributed by atoms with Crippen molar-refractivity contribution in [1.82, 2.24) is 15.0 Å². The molecule has 0 aliphatic heterocycles. The highest BCUT2D eigenvalue weighted by Crippen LogP contribution is 2.14. The van der Waals surface area contributed by atoms with Crippen LogP contribution in [0.4, 0.5) is 5.69 Å². The van der Waals surface area contributed by atoms with Crippen LogP contribution in [0, 0.1) is 10.1 Å². The Bertz CT molecular complexity index is 579. The van der Waals surface area contributed by atoms with Gasteiger partial charge < -0.3 is 10.2 Å². The second-order valence-corrected chi connectivity index (χ2v) is 3.88. The summed E-state index contributed by atoms with van der Waals surface area (Å²) >= 11 is 0. The Labute approximate surface area is 108 Å². The van der Waals surface area contributed by atoms with E-state index < -0.39 is 4.92 Å². The van der Waals surface area contributed by atoms with Crippen LogP contribution in [0.15, 0.2) is 24.3 Å². The number of hydrogen-bond donors (Lipinski definition) is 2. The summed E-state index contributed by atoms with van der Waals surface area (Å²) in [5.41, 5.74) is 1.56. The number of nitro groups is 1. The molecular weight excluding hydrogens is 253 g/mol. The SMILES string of the molecule is O=[N+]([O-])c1ccc(C[15n]2nnc(CO)c2CO)cc1. The zero-order valence-electron chi connectivity index (χ0n) is 9.93. The Kier molecular flexibility index (Phi) is 3.83. The molecular formula is C11H12N4O4. The van der Waals surface area contributed by atoms with Gasteiger partial charge in [0.2, 0.25) is 0 Å². The molecule has 0 unspecified atom stereocenters. The van der Waals surface area contributed by atoms with Gasteiger partial charge in [0, 0.05) is 12.1 Å². The normalized spacial score (nSPS) is 10.6. The molecule has 0 spiro atoms. The van der Waals surface area contributed by atoms with E-state index in [1.165, 1.54) is 16.8 Å². The van der Waals surface area contributed by atoms with Crippen LogP contribution in [0.25, 0.3) is 0 Å². The minimum absolute atomic E-state index is 0.0146. The number of aliphatic hydroxyl groups is 2. The van der Waals surface area contributed by atoms with Crippen LogP contribution in [-0.2, 0) is 19.8 Å². The molecule has 8 heteroatoms. The average molecular weight is 265 g/mol. The molecule has 100 valence electrons. The fraction of sp³-hybridized carbons (Fsp3) is 0.273. The predicted molar refractivity (Wildman–Crippen MR) is 64.1 cm³/mol. The van der Waals surface area contributed by atoms with E-state index in [0.29, 0.717) is 17.9 Å². The van der Waals surface area contributed by atoms with E-state index in [9.17, 15) is 15.2 Å². The molecule has 0 atom stereocenters. The molecule has 2 aromatic rings. The van der Waals surface area contributed by atoms with Crippen LogP contribution in [0.1, 0.15) is 17.0 Å². The third kappa shape index (κ3) is 2.75. The minimum Gasteiger partial charge on any atom is -0.390 e. The van der Waals surface area contributed by atoms with Crippen molar-refractivity contribution >= 4 is 5.69 Å². The monoisotopic (exact) mass is 265 g/mol. The van der Waals surface area contributed by atoms with Gasteiger partial charge in [-0.1, -0.05) is 17.3 Å². The highest BCUT2D eigenvalue weighted by molar-refractivity contribution is 5.33. The summed E-state index contributed by atoms with van der Waals surface area (Å²) in [6.45, 7) is -0.257. The molecule has 1 aromatic heterocycles. The quantitative estimate of drug-likeness (QED) is 0.590. The second kappa shape index (κ2) is 5.55. The Hall–Kier alpha value is -2.32. The number of non-ortho nitro benzene ring substituents is 1. The van der Waals surface area contributed by atoms with E-state index in [-0.39, 0.29) is 18.9 Å². The number of nitro benzene ring substituents is 1. The Morgan fingerprint density at radius 1 is 1.21 bits per heavy atom. The van der Waals surface area contributed by atoms with Gasteiger partial charge in [0.25, 0.3) is 5.69 Å². The lowest BCUT2D eigenvalue weighted by molar-refractivity contribution is -0.384. The maximum absolute atomic E-state index is 10.5. The molecule has 0 saturated heterocycles. The van der Waals surface area contributed by atoms with Crippen LogP contribution < -0.4 is 0 Å². The Balaban J connectivity index is 2.21. The van der Waals surface area contributed by atoms with Gasteiger partial charge in [0.1, 0.15) is 5.69 Å². The van der Waals surface area contributed by atoms with Crippen molar-refractivity contribution in [3.63, 3.8) is 0 Å². The highest BCUT2D eigenvalue weighted by atomic mass is 16.6. The van der Waals surface area contributed by atoms with Crippen molar-refractivity contribution in [1.29, 1.82) is 0 Å². The first-order chi connectivity index (χ1) is 9.15. The molecule has 0 aliphatic rings. The summed E-state index contributed by atoms with van der Waals surface area (Å²) in [5.74, 6) is 0. The maximum Gasteiger partial charge on any atom is 0.269 e. The van der Waals surface area contributed by atoms with Crippen molar-refractivity contribution in [2.24, 2.45) is 0 Å². The van der Waals surface area contributed by atoms with Gasteiger partial charge in [0.05, 0.1) is 30.4 Å². The number of nitrogens with zero attached hydrogens (tertiary/aromatic N) is 4. The standard InChI is InChI=1S/C11H12N4O4/c16-6-10-11(7-17)14(13-12-10)5-8-1-3-9(4-2-8)15(18)19/h1-4,16-17H,5-7H2/i14+1. The molecule has 0 radical (unpaired) electrons. The summed E-state index contributed by atoms with van der Waals surface area (Å²) in [5, 5.41) is 36.3. The topological polar surface area (TPSA) is 114 Å². The van der Waals surface area contributed by atoms with E-state index in [2.05, 4.69) is 10.3 Å². The molecule has 0 saturated carbocycles. The van der Waals surface area contributed by atoms with Crippen LogP contribution in [-0.4, -0.2) is 30.1 Å². The molecule has 2 N–H and O–H groups in total. The summed E-state index contributed by atoms with van der Waals surface area (Å²) in [7, 11) is 0.